The fourth-order valence-corrected chi connectivity index (χ4v) is 12.6. The third-order valence-electron chi connectivity index (χ3n) is 12.9. The minimum Gasteiger partial charge on any atom is -0.466 e. The summed E-state index contributed by atoms with van der Waals surface area (Å²) in [6, 6.07) is 45.2. The highest BCUT2D eigenvalue weighted by Crippen LogP contribution is 2.30. The van der Waals surface area contributed by atoms with Crippen LogP contribution >= 0.6 is 0 Å². The van der Waals surface area contributed by atoms with Crippen molar-refractivity contribution < 1.29 is 23.4 Å². The Morgan fingerprint density at radius 1 is 0.426 bits per heavy atom. The largest absolute Gasteiger partial charge is 0.466 e. The maximum atomic E-state index is 10.8. The zero-order valence-corrected chi connectivity index (χ0v) is 45.3. The molecule has 0 saturated carbocycles. The van der Waals surface area contributed by atoms with Crippen molar-refractivity contribution >= 4 is 38.8 Å². The Bertz CT molecular complexity index is 2090. The van der Waals surface area contributed by atoms with Gasteiger partial charge in [0, 0.05) is 24.5 Å². The van der Waals surface area contributed by atoms with Gasteiger partial charge in [0.1, 0.15) is 11.5 Å². The van der Waals surface area contributed by atoms with E-state index in [0.717, 1.165) is 38.5 Å². The standard InChI is InChI=1S/C61H86O5Si2/c1-9-11-13-15-17-19-21-29-35-58(65-67(53-31-25-23-26-32-53)55-43-38-50(39-44-55)60(3,4)5)63-52-42-37-49(48-62)57(47-52)64-59(36-30-22-20-18-16-14-12-10-2)66-68(54-33-27-24-28-34-54)56-45-40-51(41-46-56)61(6,7)8/h23-28,31-34,37-47,58-59,62H,9-22,29-30,35-36,48H2,1-8H3. The monoisotopic (exact) mass is 955 g/mol. The molecule has 1 N–H and O–H groups in total. The van der Waals surface area contributed by atoms with Gasteiger partial charge in [-0.1, -0.05) is 254 Å². The average molecular weight is 956 g/mol. The van der Waals surface area contributed by atoms with Gasteiger partial charge in [-0.25, -0.2) is 0 Å². The third kappa shape index (κ3) is 18.7. The van der Waals surface area contributed by atoms with E-state index in [4.69, 9.17) is 18.3 Å². The fraction of sp³-hybridized carbons (Fsp3) is 0.508. The number of benzene rings is 5. The van der Waals surface area contributed by atoms with Crippen molar-refractivity contribution in [2.45, 2.75) is 201 Å². The van der Waals surface area contributed by atoms with Crippen LogP contribution in [-0.2, 0) is 26.3 Å². The second-order valence-corrected chi connectivity index (χ2v) is 24.9. The first-order chi connectivity index (χ1) is 32.9. The molecule has 68 heavy (non-hydrogen) atoms. The number of aliphatic hydroxyl groups is 1. The summed E-state index contributed by atoms with van der Waals surface area (Å²) in [6.45, 7) is 17.9. The molecule has 0 aliphatic carbocycles. The van der Waals surface area contributed by atoms with Crippen molar-refractivity contribution in [3.63, 3.8) is 0 Å². The first kappa shape index (κ1) is 54.9. The SMILES string of the molecule is CCCCCCCCCCC(Oc1ccc(CO)c(OC(CCCCCCCCCC)O[Si](c2ccccc2)c2ccc(C(C)(C)C)cc2)c1)O[Si](c1ccccc1)c1ccc(C(C)(C)C)cc1. The molecule has 0 aliphatic rings. The van der Waals surface area contributed by atoms with Crippen molar-refractivity contribution in [3.05, 3.63) is 144 Å². The van der Waals surface area contributed by atoms with Crippen LogP contribution in [0.3, 0.4) is 0 Å². The lowest BCUT2D eigenvalue weighted by Gasteiger charge is -2.28. The van der Waals surface area contributed by atoms with Gasteiger partial charge >= 0.3 is 0 Å². The molecule has 2 radical (unpaired) electrons. The molecule has 0 bridgehead atoms. The summed E-state index contributed by atoms with van der Waals surface area (Å²) in [5.41, 5.74) is 3.42. The molecule has 5 aromatic carbocycles. The molecule has 0 aromatic heterocycles. The fourth-order valence-electron chi connectivity index (χ4n) is 8.61. The van der Waals surface area contributed by atoms with E-state index in [2.05, 4.69) is 165 Å². The van der Waals surface area contributed by atoms with Crippen molar-refractivity contribution in [1.29, 1.82) is 0 Å². The van der Waals surface area contributed by atoms with Crippen LogP contribution in [-0.4, -0.2) is 35.8 Å². The number of ether oxygens (including phenoxy) is 2. The van der Waals surface area contributed by atoms with Crippen LogP contribution in [0.1, 0.15) is 188 Å². The minimum absolute atomic E-state index is 0.0503. The Morgan fingerprint density at radius 2 is 0.794 bits per heavy atom. The Labute approximate surface area is 416 Å². The minimum atomic E-state index is -1.72. The molecule has 5 rings (SSSR count). The van der Waals surface area contributed by atoms with E-state index in [1.54, 1.807) is 0 Å². The molecule has 2 unspecified atom stereocenters. The summed E-state index contributed by atoms with van der Waals surface area (Å²) in [5.74, 6) is 1.25. The smallest absolute Gasteiger partial charge is 0.287 e. The topological polar surface area (TPSA) is 57.2 Å². The van der Waals surface area contributed by atoms with Gasteiger partial charge in [0.05, 0.1) is 6.61 Å². The van der Waals surface area contributed by atoms with Gasteiger partial charge in [0.15, 0.2) is 12.6 Å². The van der Waals surface area contributed by atoms with Crippen LogP contribution < -0.4 is 30.2 Å². The van der Waals surface area contributed by atoms with Gasteiger partial charge in [0.2, 0.25) is 0 Å². The molecule has 368 valence electrons. The zero-order chi connectivity index (χ0) is 48.6. The normalized spacial score (nSPS) is 13.0. The maximum Gasteiger partial charge on any atom is 0.287 e. The second kappa shape index (κ2) is 29.3. The summed E-state index contributed by atoms with van der Waals surface area (Å²) in [5, 5.41) is 15.5. The van der Waals surface area contributed by atoms with Crippen molar-refractivity contribution in [1.82, 2.24) is 0 Å². The van der Waals surface area contributed by atoms with Gasteiger partial charge in [-0.05, 0) is 67.7 Å². The predicted octanol–water partition coefficient (Wildman–Crippen LogP) is 13.9. The lowest BCUT2D eigenvalue weighted by atomic mass is 9.87. The Kier molecular flexibility index (Phi) is 23.6. The second-order valence-electron chi connectivity index (χ2n) is 20.8. The number of hydrogen-bond donors (Lipinski definition) is 1. The Morgan fingerprint density at radius 3 is 1.18 bits per heavy atom. The third-order valence-corrected chi connectivity index (χ3v) is 17.3. The quantitative estimate of drug-likeness (QED) is 0.0272. The van der Waals surface area contributed by atoms with E-state index >= 15 is 0 Å². The summed E-state index contributed by atoms with van der Waals surface area (Å²) in [7, 11) is -3.40. The van der Waals surface area contributed by atoms with Crippen molar-refractivity contribution in [2.24, 2.45) is 0 Å². The number of unbranched alkanes of at least 4 members (excludes halogenated alkanes) is 14. The zero-order valence-electron chi connectivity index (χ0n) is 43.3. The maximum absolute atomic E-state index is 10.8. The average Bonchev–Trinajstić information content (AvgIpc) is 3.34. The van der Waals surface area contributed by atoms with E-state index in [1.807, 2.05) is 18.2 Å². The van der Waals surface area contributed by atoms with Crippen molar-refractivity contribution in [3.8, 4) is 11.5 Å². The summed E-state index contributed by atoms with van der Waals surface area (Å²) in [4.78, 5) is 0. The Hall–Kier alpha value is -3.99. The lowest BCUT2D eigenvalue weighted by Crippen LogP contribution is -2.48. The van der Waals surface area contributed by atoms with Crippen LogP contribution in [0.15, 0.2) is 127 Å². The number of aliphatic hydroxyl groups excluding tert-OH is 1. The highest BCUT2D eigenvalue weighted by molar-refractivity contribution is 6.80. The molecule has 0 saturated heterocycles. The molecule has 0 heterocycles. The van der Waals surface area contributed by atoms with E-state index in [1.165, 1.54) is 109 Å². The molecular formula is C61H86O5Si2. The molecule has 5 nitrogen and oxygen atoms in total. The number of hydrogen-bond acceptors (Lipinski definition) is 5. The van der Waals surface area contributed by atoms with E-state index in [9.17, 15) is 5.11 Å². The van der Waals surface area contributed by atoms with Crippen molar-refractivity contribution in [2.75, 3.05) is 0 Å². The number of rotatable bonds is 31. The van der Waals surface area contributed by atoms with E-state index < -0.39 is 30.7 Å². The highest BCUT2D eigenvalue weighted by Gasteiger charge is 2.29. The lowest BCUT2D eigenvalue weighted by molar-refractivity contribution is -0.00783. The molecule has 7 heteroatoms. The molecular weight excluding hydrogens is 869 g/mol. The van der Waals surface area contributed by atoms with Gasteiger partial charge in [-0.15, -0.1) is 0 Å². The molecule has 0 amide bonds. The highest BCUT2D eigenvalue weighted by atomic mass is 28.3. The molecule has 5 aromatic rings. The first-order valence-electron chi connectivity index (χ1n) is 26.4. The van der Waals surface area contributed by atoms with Crippen LogP contribution in [0.25, 0.3) is 0 Å². The summed E-state index contributed by atoms with van der Waals surface area (Å²) < 4.78 is 28.5. The van der Waals surface area contributed by atoms with Crippen LogP contribution in [0.2, 0.25) is 0 Å². The van der Waals surface area contributed by atoms with Crippen LogP contribution in [0.5, 0.6) is 11.5 Å². The van der Waals surface area contributed by atoms with Gasteiger partial charge < -0.3 is 23.4 Å². The Balaban J connectivity index is 1.44. The molecule has 0 fully saturated rings. The summed E-state index contributed by atoms with van der Waals surface area (Å²) in [6.07, 6.45) is 20.1. The predicted molar refractivity (Wildman–Crippen MR) is 291 cm³/mol. The van der Waals surface area contributed by atoms with Gasteiger partial charge in [-0.2, -0.15) is 0 Å². The molecule has 0 aliphatic heterocycles. The van der Waals surface area contributed by atoms with Gasteiger partial charge in [0.25, 0.3) is 18.1 Å². The first-order valence-corrected chi connectivity index (χ1v) is 29.2. The van der Waals surface area contributed by atoms with Crippen LogP contribution in [0, 0.1) is 0 Å². The van der Waals surface area contributed by atoms with E-state index in [0.29, 0.717) is 17.1 Å². The molecule has 0 spiro atoms. The van der Waals surface area contributed by atoms with Gasteiger partial charge in [-0.3, -0.25) is 0 Å². The van der Waals surface area contributed by atoms with Crippen LogP contribution in [0.4, 0.5) is 0 Å². The summed E-state index contributed by atoms with van der Waals surface area (Å²) >= 11 is 0. The van der Waals surface area contributed by atoms with E-state index in [-0.39, 0.29) is 17.4 Å². The molecule has 2 atom stereocenters.